The Hall–Kier alpha value is -7.46. The third-order valence-corrected chi connectivity index (χ3v) is 16.2. The fourth-order valence-electron chi connectivity index (χ4n) is 8.82. The van der Waals surface area contributed by atoms with E-state index in [1.165, 1.54) is 36.4 Å². The van der Waals surface area contributed by atoms with Crippen molar-refractivity contribution in [1.29, 1.82) is 0 Å². The fourth-order valence-corrected chi connectivity index (χ4v) is 11.1. The quantitative estimate of drug-likeness (QED) is 0.0238. The molecule has 29 nitrogen and oxygen atoms in total. The van der Waals surface area contributed by atoms with Crippen molar-refractivity contribution < 1.29 is 75.5 Å². The number of benzene rings is 3. The number of hydrogen-bond acceptors (Lipinski definition) is 19. The first kappa shape index (κ1) is 65.7. The lowest BCUT2D eigenvalue weighted by Gasteiger charge is -2.32. The highest BCUT2D eigenvalue weighted by atomic mass is 32.2. The number of aryl methyl sites for hydroxylation is 1. The highest BCUT2D eigenvalue weighted by molar-refractivity contribution is 7.89. The van der Waals surface area contributed by atoms with E-state index in [-0.39, 0.29) is 100.0 Å². The number of anilines is 1. The Kier molecular flexibility index (Phi) is 25.9. The molecule has 0 radical (unpaired) electrons. The van der Waals surface area contributed by atoms with Gasteiger partial charge in [0.2, 0.25) is 26.0 Å². The summed E-state index contributed by atoms with van der Waals surface area (Å²) in [4.78, 5) is 86.4. The van der Waals surface area contributed by atoms with E-state index >= 15 is 0 Å². The fraction of sp³-hybridized carbons (Fsp3) is 0.472. The molecule has 31 heteroatoms. The Morgan fingerprint density at radius 2 is 1.13 bits per heavy atom. The molecule has 2 amide bonds. The molecule has 10 N–H and O–H groups in total. The molecule has 1 aliphatic heterocycles. The number of rotatable bonds is 34. The van der Waals surface area contributed by atoms with Crippen LogP contribution in [0.5, 0.6) is 0 Å². The monoisotopic (exact) mass is 1210 g/mol. The number of carboxylic acid groups (broad SMARTS) is 4. The molecule has 3 aromatic carbocycles. The van der Waals surface area contributed by atoms with Gasteiger partial charge in [-0.3, -0.25) is 53.0 Å². The summed E-state index contributed by atoms with van der Waals surface area (Å²) in [7, 11) is -8.27. The van der Waals surface area contributed by atoms with Crippen molar-refractivity contribution in [1.82, 2.24) is 59.4 Å². The lowest BCUT2D eigenvalue weighted by atomic mass is 10.1. The molecule has 2 aromatic heterocycles. The maximum Gasteiger partial charge on any atom is 0.323 e. The molecule has 1 unspecified atom stereocenters. The van der Waals surface area contributed by atoms with Crippen LogP contribution in [-0.4, -0.2) is 249 Å². The summed E-state index contributed by atoms with van der Waals surface area (Å²) < 4.78 is 70.4. The van der Waals surface area contributed by atoms with Crippen LogP contribution in [0.15, 0.2) is 95.1 Å². The Morgan fingerprint density at radius 3 is 1.64 bits per heavy atom. The number of carbonyl (C=O) groups excluding carboxylic acids is 2. The van der Waals surface area contributed by atoms with E-state index in [1.807, 2.05) is 4.90 Å². The second kappa shape index (κ2) is 33.1. The normalized spacial score (nSPS) is 15.0. The zero-order valence-corrected chi connectivity index (χ0v) is 47.9. The summed E-state index contributed by atoms with van der Waals surface area (Å²) in [5, 5.41) is 51.7. The maximum atomic E-state index is 13.3. The minimum absolute atomic E-state index is 0.00143. The second-order valence-electron chi connectivity index (χ2n) is 19.6. The molecule has 5 aromatic rings. The van der Waals surface area contributed by atoms with Crippen LogP contribution in [0.1, 0.15) is 29.6 Å². The van der Waals surface area contributed by atoms with Crippen molar-refractivity contribution in [3.63, 3.8) is 0 Å². The van der Waals surface area contributed by atoms with Gasteiger partial charge in [0.1, 0.15) is 6.04 Å². The van der Waals surface area contributed by atoms with Gasteiger partial charge in [0.15, 0.2) is 5.95 Å². The lowest BCUT2D eigenvalue weighted by molar-refractivity contribution is -0.140. The number of H-pyrrole nitrogens is 1. The van der Waals surface area contributed by atoms with Crippen molar-refractivity contribution >= 4 is 72.6 Å². The van der Waals surface area contributed by atoms with Gasteiger partial charge in [-0.2, -0.15) is 9.82 Å². The van der Waals surface area contributed by atoms with Gasteiger partial charge in [0, 0.05) is 122 Å². The average molecular weight is 1210 g/mol. The van der Waals surface area contributed by atoms with Gasteiger partial charge in [-0.15, -0.1) is 0 Å². The van der Waals surface area contributed by atoms with Crippen molar-refractivity contribution in [3.8, 4) is 11.1 Å². The molecule has 0 bridgehead atoms. The van der Waals surface area contributed by atoms with E-state index in [9.17, 15) is 66.0 Å². The summed E-state index contributed by atoms with van der Waals surface area (Å²) in [5.41, 5.74) is 2.16. The van der Waals surface area contributed by atoms with Crippen LogP contribution < -0.4 is 25.4 Å². The summed E-state index contributed by atoms with van der Waals surface area (Å²) in [6, 6.07) is 14.7. The Morgan fingerprint density at radius 1 is 0.607 bits per heavy atom. The number of aromatic amines is 1. The molecule has 1 saturated heterocycles. The van der Waals surface area contributed by atoms with Crippen LogP contribution >= 0.6 is 0 Å². The average Bonchev–Trinajstić information content (AvgIpc) is 4.33. The number of nitrogens with zero attached hydrogens (tertiary/aromatic N) is 7. The molecule has 6 rings (SSSR count). The largest absolute Gasteiger partial charge is 0.480 e. The van der Waals surface area contributed by atoms with Gasteiger partial charge in [-0.05, 0) is 72.9 Å². The maximum absolute atomic E-state index is 13.3. The number of aromatic nitrogens is 4. The highest BCUT2D eigenvalue weighted by Crippen LogP contribution is 2.24. The van der Waals surface area contributed by atoms with E-state index in [4.69, 9.17) is 9.47 Å². The second-order valence-corrected chi connectivity index (χ2v) is 23.1. The summed E-state index contributed by atoms with van der Waals surface area (Å²) in [5.74, 6) is -4.85. The third-order valence-electron chi connectivity index (χ3n) is 13.3. The number of carboxylic acids is 4. The topological polar surface area (TPSA) is 390 Å². The summed E-state index contributed by atoms with van der Waals surface area (Å²) in [6.07, 6.45) is 6.60. The third kappa shape index (κ3) is 22.3. The molecule has 1 atom stereocenters. The zero-order valence-electron chi connectivity index (χ0n) is 46.3. The van der Waals surface area contributed by atoms with Crippen molar-refractivity contribution in [2.75, 3.05) is 136 Å². The molecular formula is C53H73N13O16S2. The first-order valence-electron chi connectivity index (χ1n) is 27.1. The zero-order chi connectivity index (χ0) is 60.5. The molecule has 0 spiro atoms. The minimum atomic E-state index is -4.38. The standard InChI is InChI=1S/C53H73N13O16S2/c67-47(35-62-20-22-63(36-48(68)69)24-26-65(38-50(72)73)27-25-64(23-21-62)37-49(70)71)54-15-2-28-81-30-31-82-29-3-16-60-83(77,78)43-9-4-39(5-10-43)40-6-11-44(12-7-40)84(79,80)61-45(52(75)76)34-58-51(74)41-8-13-46-42(32-41)33-59-66(46)19-1-14-55-53-56-17-18-57-53/h4-13,17-18,32-33,45,60-61H,1-3,14-16,19-31,34-38H2,(H,54,67)(H,58,74)(H,68,69)(H,70,71)(H,72,73)(H,75,76)(H2,55,56,57). The van der Waals surface area contributed by atoms with Gasteiger partial charge >= 0.3 is 23.9 Å². The number of fused-ring (bicyclic) bond motifs is 1. The van der Waals surface area contributed by atoms with Gasteiger partial charge in [0.05, 0.1) is 60.9 Å². The van der Waals surface area contributed by atoms with Crippen LogP contribution in [0, 0.1) is 0 Å². The Labute approximate surface area is 485 Å². The van der Waals surface area contributed by atoms with Crippen LogP contribution in [-0.2, 0) is 60.0 Å². The molecule has 1 fully saturated rings. The predicted molar refractivity (Wildman–Crippen MR) is 305 cm³/mol. The molecule has 3 heterocycles. The van der Waals surface area contributed by atoms with Crippen LogP contribution in [0.3, 0.4) is 0 Å². The number of aliphatic carboxylic acids is 4. The van der Waals surface area contributed by atoms with Gasteiger partial charge in [-0.25, -0.2) is 26.5 Å². The van der Waals surface area contributed by atoms with Crippen molar-refractivity contribution in [2.45, 2.75) is 41.6 Å². The van der Waals surface area contributed by atoms with Crippen molar-refractivity contribution in [2.24, 2.45) is 0 Å². The Bertz CT molecular complexity index is 3140. The minimum Gasteiger partial charge on any atom is -0.480 e. The highest BCUT2D eigenvalue weighted by Gasteiger charge is 2.27. The first-order valence-corrected chi connectivity index (χ1v) is 30.1. The number of ether oxygens (including phenoxy) is 2. The van der Waals surface area contributed by atoms with E-state index < -0.39 is 62.4 Å². The molecule has 458 valence electrons. The van der Waals surface area contributed by atoms with E-state index in [1.54, 1.807) is 68.3 Å². The van der Waals surface area contributed by atoms with E-state index in [2.05, 4.69) is 40.5 Å². The predicted octanol–water partition coefficient (Wildman–Crippen LogP) is -0.227. The van der Waals surface area contributed by atoms with Gasteiger partial charge in [0.25, 0.3) is 5.91 Å². The van der Waals surface area contributed by atoms with E-state index in [0.717, 1.165) is 11.9 Å². The van der Waals surface area contributed by atoms with Gasteiger partial charge in [-0.1, -0.05) is 24.3 Å². The van der Waals surface area contributed by atoms with E-state index in [0.29, 0.717) is 87.7 Å². The van der Waals surface area contributed by atoms with Crippen LogP contribution in [0.25, 0.3) is 22.0 Å². The molecule has 1 aliphatic rings. The molecule has 0 saturated carbocycles. The SMILES string of the molecule is O=C(O)CN1CCN(CC(=O)O)CCN(CC(=O)NCCCOCCOCCCNS(=O)(=O)c2ccc(-c3ccc(S(=O)(=O)NC(CNC(=O)c4ccc5c(cnn5CCCNc5ncc[nH]5)c4)C(=O)O)cc3)cc2)CCN(CC(=O)O)CC1. The first-order chi connectivity index (χ1) is 40.2. The smallest absolute Gasteiger partial charge is 0.323 e. The summed E-state index contributed by atoms with van der Waals surface area (Å²) in [6.45, 7) is 3.68. The van der Waals surface area contributed by atoms with Gasteiger partial charge < -0.3 is 50.8 Å². The number of sulfonamides is 2. The molecule has 0 aliphatic carbocycles. The lowest BCUT2D eigenvalue weighted by Crippen LogP contribution is -2.49. The number of imidazole rings is 1. The Balaban J connectivity index is 0.842. The molecule has 84 heavy (non-hydrogen) atoms. The number of nitrogens with one attached hydrogen (secondary N) is 6. The van der Waals surface area contributed by atoms with Crippen LogP contribution in [0.2, 0.25) is 0 Å². The van der Waals surface area contributed by atoms with Crippen molar-refractivity contribution in [3.05, 3.63) is 90.9 Å². The number of amides is 2. The van der Waals surface area contributed by atoms with Crippen LogP contribution in [0.4, 0.5) is 5.95 Å². The number of hydrogen-bond donors (Lipinski definition) is 10. The summed E-state index contributed by atoms with van der Waals surface area (Å²) >= 11 is 0. The molecular weight excluding hydrogens is 1140 g/mol. The number of carbonyl (C=O) groups is 6.